The van der Waals surface area contributed by atoms with E-state index in [1.165, 1.54) is 34.8 Å². The fraction of sp³-hybridized carbons (Fsp3) is 0.0952. The largest absolute Gasteiger partial charge is 0.487 e. The lowest BCUT2D eigenvalue weighted by atomic mass is 10.1. The topological polar surface area (TPSA) is 64.1 Å². The van der Waals surface area contributed by atoms with Gasteiger partial charge in [0, 0.05) is 21.4 Å². The van der Waals surface area contributed by atoms with Gasteiger partial charge < -0.3 is 4.74 Å². The number of halogens is 1. The van der Waals surface area contributed by atoms with Gasteiger partial charge in [-0.2, -0.15) is 0 Å². The highest BCUT2D eigenvalue weighted by Crippen LogP contribution is 2.30. The van der Waals surface area contributed by atoms with Crippen LogP contribution in [0.2, 0.25) is 0 Å². The maximum Gasteiger partial charge on any atom is 0.257 e. The summed E-state index contributed by atoms with van der Waals surface area (Å²) >= 11 is 2.90. The zero-order chi connectivity index (χ0) is 20.2. The van der Waals surface area contributed by atoms with Crippen LogP contribution < -0.4 is 10.1 Å². The number of rotatable bonds is 6. The van der Waals surface area contributed by atoms with Gasteiger partial charge in [-0.05, 0) is 55.5 Å². The van der Waals surface area contributed by atoms with Crippen molar-refractivity contribution in [3.05, 3.63) is 81.4 Å². The molecule has 0 spiro atoms. The Morgan fingerprint density at radius 2 is 1.90 bits per heavy atom. The monoisotopic (exact) mass is 425 g/mol. The highest BCUT2D eigenvalue weighted by Gasteiger charge is 2.13. The third-order valence-corrected chi connectivity index (χ3v) is 5.64. The zero-order valence-corrected chi connectivity index (χ0v) is 17.0. The molecule has 4 aromatic rings. The molecule has 1 N–H and O–H groups in total. The van der Waals surface area contributed by atoms with Gasteiger partial charge >= 0.3 is 0 Å². The number of hydrogen-bond donors (Lipinski definition) is 1. The molecule has 0 aliphatic rings. The number of nitrogens with one attached hydrogen (secondary N) is 1. The Morgan fingerprint density at radius 3 is 2.59 bits per heavy atom. The Labute approximate surface area is 174 Å². The Balaban J connectivity index is 1.41. The van der Waals surface area contributed by atoms with Gasteiger partial charge in [0.25, 0.3) is 5.91 Å². The number of carbonyl (C=O) groups is 1. The number of anilines is 1. The molecule has 4 rings (SSSR count). The summed E-state index contributed by atoms with van der Waals surface area (Å²) in [6.07, 6.45) is 0. The van der Waals surface area contributed by atoms with Crippen molar-refractivity contribution < 1.29 is 13.9 Å². The van der Waals surface area contributed by atoms with E-state index in [9.17, 15) is 9.18 Å². The summed E-state index contributed by atoms with van der Waals surface area (Å²) in [7, 11) is 0. The molecule has 0 bridgehead atoms. The molecular weight excluding hydrogens is 409 g/mol. The maximum absolute atomic E-state index is 13.1. The molecule has 0 atom stereocenters. The minimum Gasteiger partial charge on any atom is -0.487 e. The molecule has 5 nitrogen and oxygen atoms in total. The maximum atomic E-state index is 13.1. The first-order chi connectivity index (χ1) is 14.1. The molecule has 0 saturated heterocycles. The lowest BCUT2D eigenvalue weighted by Gasteiger charge is -2.06. The second kappa shape index (κ2) is 8.50. The van der Waals surface area contributed by atoms with Gasteiger partial charge in [0.05, 0.1) is 16.9 Å². The van der Waals surface area contributed by atoms with Gasteiger partial charge in [0.2, 0.25) is 0 Å². The van der Waals surface area contributed by atoms with E-state index in [0.29, 0.717) is 23.1 Å². The highest BCUT2D eigenvalue weighted by molar-refractivity contribution is 7.16. The van der Waals surface area contributed by atoms with E-state index < -0.39 is 0 Å². The molecule has 29 heavy (non-hydrogen) atoms. The van der Waals surface area contributed by atoms with Crippen LogP contribution in [0.1, 0.15) is 20.9 Å². The van der Waals surface area contributed by atoms with Crippen LogP contribution in [0.15, 0.2) is 59.4 Å². The predicted octanol–water partition coefficient (Wildman–Crippen LogP) is 5.55. The Hall–Kier alpha value is -3.10. The number of ether oxygens (including phenoxy) is 1. The molecule has 146 valence electrons. The van der Waals surface area contributed by atoms with Crippen molar-refractivity contribution in [1.29, 1.82) is 0 Å². The smallest absolute Gasteiger partial charge is 0.257 e. The summed E-state index contributed by atoms with van der Waals surface area (Å²) in [6.45, 7) is 2.31. The van der Waals surface area contributed by atoms with Crippen LogP contribution in [0, 0.1) is 12.7 Å². The molecule has 0 unspecified atom stereocenters. The van der Waals surface area contributed by atoms with E-state index in [-0.39, 0.29) is 11.7 Å². The quantitative estimate of drug-likeness (QED) is 0.440. The fourth-order valence-corrected chi connectivity index (χ4v) is 4.04. The van der Waals surface area contributed by atoms with Crippen molar-refractivity contribution in [3.8, 4) is 17.0 Å². The first kappa shape index (κ1) is 19.2. The normalized spacial score (nSPS) is 10.7. The average molecular weight is 426 g/mol. The van der Waals surface area contributed by atoms with Crippen LogP contribution in [0.3, 0.4) is 0 Å². The summed E-state index contributed by atoms with van der Waals surface area (Å²) in [6, 6.07) is 13.0. The molecule has 2 heterocycles. The number of amides is 1. The van der Waals surface area contributed by atoms with Crippen LogP contribution in [0.25, 0.3) is 11.3 Å². The Morgan fingerprint density at radius 1 is 1.14 bits per heavy atom. The Kier molecular flexibility index (Phi) is 5.64. The molecule has 0 saturated carbocycles. The Bertz CT molecular complexity index is 1110. The van der Waals surface area contributed by atoms with Crippen molar-refractivity contribution in [1.82, 2.24) is 9.97 Å². The number of aryl methyl sites for hydroxylation is 1. The SMILES string of the molecule is Cc1sc(NC(=O)c2ccc(OCc3cscn3)cc2)nc1-c1ccc(F)cc1. The third-order valence-electron chi connectivity index (χ3n) is 4.12. The van der Waals surface area contributed by atoms with Crippen molar-refractivity contribution >= 4 is 33.7 Å². The third kappa shape index (κ3) is 4.67. The zero-order valence-electron chi connectivity index (χ0n) is 15.4. The minimum absolute atomic E-state index is 0.254. The van der Waals surface area contributed by atoms with Gasteiger partial charge in [-0.1, -0.05) is 0 Å². The molecule has 0 radical (unpaired) electrons. The second-order valence-electron chi connectivity index (χ2n) is 6.18. The first-order valence-corrected chi connectivity index (χ1v) is 10.5. The fourth-order valence-electron chi connectivity index (χ4n) is 2.66. The molecule has 0 aliphatic carbocycles. The molecule has 8 heteroatoms. The molecule has 0 fully saturated rings. The summed E-state index contributed by atoms with van der Waals surface area (Å²) in [5, 5.41) is 5.24. The number of benzene rings is 2. The average Bonchev–Trinajstić information content (AvgIpc) is 3.37. The lowest BCUT2D eigenvalue weighted by Crippen LogP contribution is -2.11. The van der Waals surface area contributed by atoms with E-state index >= 15 is 0 Å². The van der Waals surface area contributed by atoms with Crippen molar-refractivity contribution in [2.24, 2.45) is 0 Å². The van der Waals surface area contributed by atoms with E-state index in [1.807, 2.05) is 12.3 Å². The van der Waals surface area contributed by atoms with Gasteiger partial charge in [-0.25, -0.2) is 14.4 Å². The van der Waals surface area contributed by atoms with E-state index in [1.54, 1.807) is 41.9 Å². The summed E-state index contributed by atoms with van der Waals surface area (Å²) in [4.78, 5) is 22.1. The number of aromatic nitrogens is 2. The first-order valence-electron chi connectivity index (χ1n) is 8.73. The van der Waals surface area contributed by atoms with Crippen LogP contribution in [-0.2, 0) is 6.61 Å². The minimum atomic E-state index is -0.297. The number of hydrogen-bond acceptors (Lipinski definition) is 6. The van der Waals surface area contributed by atoms with E-state index in [2.05, 4.69) is 15.3 Å². The number of nitrogens with zero attached hydrogens (tertiary/aromatic N) is 2. The number of thiazole rings is 2. The molecule has 1 amide bonds. The van der Waals surface area contributed by atoms with E-state index in [4.69, 9.17) is 4.74 Å². The summed E-state index contributed by atoms with van der Waals surface area (Å²) in [5.74, 6) is 0.114. The van der Waals surface area contributed by atoms with Gasteiger partial charge in [-0.15, -0.1) is 22.7 Å². The number of carbonyl (C=O) groups excluding carboxylic acids is 1. The van der Waals surface area contributed by atoms with Crippen molar-refractivity contribution in [2.45, 2.75) is 13.5 Å². The molecule has 2 aromatic carbocycles. The van der Waals surface area contributed by atoms with Crippen LogP contribution in [-0.4, -0.2) is 15.9 Å². The van der Waals surface area contributed by atoms with Crippen LogP contribution >= 0.6 is 22.7 Å². The molecule has 0 aliphatic heterocycles. The molecule has 2 aromatic heterocycles. The van der Waals surface area contributed by atoms with Gasteiger partial charge in [0.1, 0.15) is 18.2 Å². The van der Waals surface area contributed by atoms with E-state index in [0.717, 1.165) is 21.8 Å². The lowest BCUT2D eigenvalue weighted by molar-refractivity contribution is 0.102. The predicted molar refractivity (Wildman–Crippen MR) is 113 cm³/mol. The molecular formula is C21H16FN3O2S2. The standard InChI is InChI=1S/C21H16FN3O2S2/c1-13-19(14-2-6-16(22)7-3-14)24-21(29-13)25-20(26)15-4-8-18(9-5-15)27-10-17-11-28-12-23-17/h2-9,11-12H,10H2,1H3,(H,24,25,26). The second-order valence-corrected chi connectivity index (χ2v) is 8.10. The van der Waals surface area contributed by atoms with Crippen LogP contribution in [0.5, 0.6) is 5.75 Å². The highest BCUT2D eigenvalue weighted by atomic mass is 32.1. The van der Waals surface area contributed by atoms with Crippen molar-refractivity contribution in [2.75, 3.05) is 5.32 Å². The van der Waals surface area contributed by atoms with Gasteiger partial charge in [0.15, 0.2) is 5.13 Å². The summed E-state index contributed by atoms with van der Waals surface area (Å²) in [5.41, 5.74) is 4.67. The summed E-state index contributed by atoms with van der Waals surface area (Å²) < 4.78 is 18.8. The van der Waals surface area contributed by atoms with Crippen molar-refractivity contribution in [3.63, 3.8) is 0 Å². The van der Waals surface area contributed by atoms with Crippen LogP contribution in [0.4, 0.5) is 9.52 Å². The van der Waals surface area contributed by atoms with Gasteiger partial charge in [-0.3, -0.25) is 10.1 Å².